The van der Waals surface area contributed by atoms with Gasteiger partial charge in [0.25, 0.3) is 5.91 Å². The van der Waals surface area contributed by atoms with Gasteiger partial charge in [-0.1, -0.05) is 18.2 Å². The van der Waals surface area contributed by atoms with Gasteiger partial charge >= 0.3 is 0 Å². The van der Waals surface area contributed by atoms with Crippen LogP contribution in [0.1, 0.15) is 23.2 Å². The number of carbonyl (C=O) groups is 1. The second-order valence-corrected chi connectivity index (χ2v) is 6.78. The molecule has 2 heterocycles. The molecule has 0 saturated carbocycles. The van der Waals surface area contributed by atoms with Gasteiger partial charge in [0, 0.05) is 25.2 Å². The number of anilines is 1. The van der Waals surface area contributed by atoms with Gasteiger partial charge in [-0.05, 0) is 37.1 Å². The number of amides is 1. The molecule has 3 rings (SSSR count). The second kappa shape index (κ2) is 8.15. The molecule has 24 heavy (non-hydrogen) atoms. The van der Waals surface area contributed by atoms with Crippen LogP contribution in [0.4, 0.5) is 5.82 Å². The predicted octanol–water partition coefficient (Wildman–Crippen LogP) is 2.84. The average molecular weight is 342 g/mol. The van der Waals surface area contributed by atoms with Gasteiger partial charge in [0.15, 0.2) is 0 Å². The Kier molecular flexibility index (Phi) is 5.69. The molecule has 0 spiro atoms. The molecule has 1 atom stereocenters. The molecule has 2 aromatic rings. The Labute approximate surface area is 146 Å². The fourth-order valence-electron chi connectivity index (χ4n) is 2.96. The molecule has 126 valence electrons. The number of piperidine rings is 1. The molecule has 1 aromatic carbocycles. The SMILES string of the molecule is CSc1cncc(N2CCC[C@H](CNC(=O)c3ccccc3)C2)n1. The predicted molar refractivity (Wildman–Crippen MR) is 97.5 cm³/mol. The highest BCUT2D eigenvalue weighted by atomic mass is 32.2. The van der Waals surface area contributed by atoms with Crippen molar-refractivity contribution >= 4 is 23.5 Å². The van der Waals surface area contributed by atoms with E-state index in [1.807, 2.05) is 42.8 Å². The van der Waals surface area contributed by atoms with Crippen molar-refractivity contribution in [2.24, 2.45) is 5.92 Å². The monoisotopic (exact) mass is 342 g/mol. The van der Waals surface area contributed by atoms with Crippen LogP contribution in [0, 0.1) is 5.92 Å². The number of carbonyl (C=O) groups excluding carboxylic acids is 1. The Balaban J connectivity index is 1.56. The third-order valence-electron chi connectivity index (χ3n) is 4.24. The number of nitrogens with one attached hydrogen (secondary N) is 1. The van der Waals surface area contributed by atoms with Crippen molar-refractivity contribution in [3.63, 3.8) is 0 Å². The normalized spacial score (nSPS) is 17.5. The largest absolute Gasteiger partial charge is 0.355 e. The standard InChI is InChI=1S/C18H22N4OS/c1-24-17-12-19-11-16(21-17)22-9-5-6-14(13-22)10-20-18(23)15-7-3-2-4-8-15/h2-4,7-8,11-12,14H,5-6,9-10,13H2,1H3,(H,20,23)/t14-/m1/s1. The molecule has 0 aliphatic carbocycles. The zero-order chi connectivity index (χ0) is 16.8. The van der Waals surface area contributed by atoms with Gasteiger partial charge in [-0.2, -0.15) is 0 Å². The molecule has 1 N–H and O–H groups in total. The van der Waals surface area contributed by atoms with Crippen molar-refractivity contribution in [3.05, 3.63) is 48.3 Å². The fourth-order valence-corrected chi connectivity index (χ4v) is 3.31. The van der Waals surface area contributed by atoms with E-state index >= 15 is 0 Å². The van der Waals surface area contributed by atoms with Crippen LogP contribution < -0.4 is 10.2 Å². The summed E-state index contributed by atoms with van der Waals surface area (Å²) in [5, 5.41) is 3.99. The van der Waals surface area contributed by atoms with Crippen LogP contribution >= 0.6 is 11.8 Å². The fraction of sp³-hybridized carbons (Fsp3) is 0.389. The minimum absolute atomic E-state index is 0.00287. The van der Waals surface area contributed by atoms with Crippen molar-refractivity contribution in [1.29, 1.82) is 0 Å². The van der Waals surface area contributed by atoms with Crippen LogP contribution in [0.3, 0.4) is 0 Å². The number of thioether (sulfide) groups is 1. The van der Waals surface area contributed by atoms with E-state index in [2.05, 4.69) is 20.2 Å². The molecule has 1 aliphatic heterocycles. The summed E-state index contributed by atoms with van der Waals surface area (Å²) in [7, 11) is 0. The molecule has 1 saturated heterocycles. The van der Waals surface area contributed by atoms with Gasteiger partial charge in [0.1, 0.15) is 10.8 Å². The first-order chi connectivity index (χ1) is 11.8. The van der Waals surface area contributed by atoms with Crippen LogP contribution in [-0.2, 0) is 0 Å². The van der Waals surface area contributed by atoms with Crippen LogP contribution in [0.15, 0.2) is 47.8 Å². The van der Waals surface area contributed by atoms with Gasteiger partial charge in [-0.25, -0.2) is 4.98 Å². The maximum Gasteiger partial charge on any atom is 0.251 e. The van der Waals surface area contributed by atoms with Crippen molar-refractivity contribution in [2.45, 2.75) is 17.9 Å². The first-order valence-corrected chi connectivity index (χ1v) is 9.43. The van der Waals surface area contributed by atoms with Gasteiger partial charge in [0.2, 0.25) is 0 Å². The first-order valence-electron chi connectivity index (χ1n) is 8.20. The first kappa shape index (κ1) is 16.8. The van der Waals surface area contributed by atoms with Crippen LogP contribution in [0.5, 0.6) is 0 Å². The van der Waals surface area contributed by atoms with Gasteiger partial charge in [0.05, 0.1) is 12.4 Å². The number of aromatic nitrogens is 2. The van der Waals surface area contributed by atoms with E-state index in [9.17, 15) is 4.79 Å². The number of rotatable bonds is 5. The Morgan fingerprint density at radius 1 is 1.33 bits per heavy atom. The minimum atomic E-state index is -0.00287. The maximum absolute atomic E-state index is 12.2. The lowest BCUT2D eigenvalue weighted by Crippen LogP contribution is -2.41. The Morgan fingerprint density at radius 3 is 2.96 bits per heavy atom. The lowest BCUT2D eigenvalue weighted by Gasteiger charge is -2.33. The van der Waals surface area contributed by atoms with Crippen LogP contribution in [0.25, 0.3) is 0 Å². The molecular formula is C18H22N4OS. The zero-order valence-electron chi connectivity index (χ0n) is 13.8. The van der Waals surface area contributed by atoms with E-state index in [1.54, 1.807) is 18.0 Å². The molecule has 0 unspecified atom stereocenters. The van der Waals surface area contributed by atoms with E-state index in [0.29, 0.717) is 18.0 Å². The molecule has 5 nitrogen and oxygen atoms in total. The second-order valence-electron chi connectivity index (χ2n) is 5.95. The minimum Gasteiger partial charge on any atom is -0.355 e. The summed E-state index contributed by atoms with van der Waals surface area (Å²) in [6.07, 6.45) is 7.85. The summed E-state index contributed by atoms with van der Waals surface area (Å²) < 4.78 is 0. The smallest absolute Gasteiger partial charge is 0.251 e. The van der Waals surface area contributed by atoms with E-state index in [-0.39, 0.29) is 5.91 Å². The average Bonchev–Trinajstić information content (AvgIpc) is 2.67. The summed E-state index contributed by atoms with van der Waals surface area (Å²) in [6.45, 7) is 2.59. The van der Waals surface area contributed by atoms with Gasteiger partial charge in [-0.15, -0.1) is 11.8 Å². The van der Waals surface area contributed by atoms with E-state index in [1.165, 1.54) is 0 Å². The summed E-state index contributed by atoms with van der Waals surface area (Å²) in [5.74, 6) is 1.36. The van der Waals surface area contributed by atoms with Crippen molar-refractivity contribution in [3.8, 4) is 0 Å². The molecular weight excluding hydrogens is 320 g/mol. The highest BCUT2D eigenvalue weighted by Gasteiger charge is 2.22. The molecule has 1 amide bonds. The van der Waals surface area contributed by atoms with Crippen LogP contribution in [0.2, 0.25) is 0 Å². The molecule has 1 fully saturated rings. The van der Waals surface area contributed by atoms with Crippen molar-refractivity contribution < 1.29 is 4.79 Å². The van der Waals surface area contributed by atoms with E-state index < -0.39 is 0 Å². The quantitative estimate of drug-likeness (QED) is 0.847. The molecule has 1 aromatic heterocycles. The highest BCUT2D eigenvalue weighted by Crippen LogP contribution is 2.22. The third kappa shape index (κ3) is 4.26. The summed E-state index contributed by atoms with van der Waals surface area (Å²) in [4.78, 5) is 23.4. The van der Waals surface area contributed by atoms with E-state index in [4.69, 9.17) is 0 Å². The Morgan fingerprint density at radius 2 is 2.17 bits per heavy atom. The molecule has 0 radical (unpaired) electrons. The number of hydrogen-bond donors (Lipinski definition) is 1. The van der Waals surface area contributed by atoms with Gasteiger partial charge < -0.3 is 10.2 Å². The number of benzene rings is 1. The van der Waals surface area contributed by atoms with Gasteiger partial charge in [-0.3, -0.25) is 9.78 Å². The third-order valence-corrected chi connectivity index (χ3v) is 4.85. The Hall–Kier alpha value is -2.08. The lowest BCUT2D eigenvalue weighted by atomic mass is 9.98. The summed E-state index contributed by atoms with van der Waals surface area (Å²) >= 11 is 1.60. The zero-order valence-corrected chi connectivity index (χ0v) is 14.6. The lowest BCUT2D eigenvalue weighted by molar-refractivity contribution is 0.0945. The van der Waals surface area contributed by atoms with Crippen LogP contribution in [-0.4, -0.2) is 41.8 Å². The van der Waals surface area contributed by atoms with Crippen molar-refractivity contribution in [2.75, 3.05) is 30.8 Å². The molecule has 6 heteroatoms. The summed E-state index contributed by atoms with van der Waals surface area (Å²) in [5.41, 5.74) is 0.712. The highest BCUT2D eigenvalue weighted by molar-refractivity contribution is 7.98. The molecule has 1 aliphatic rings. The van der Waals surface area contributed by atoms with Crippen molar-refractivity contribution in [1.82, 2.24) is 15.3 Å². The molecule has 0 bridgehead atoms. The number of hydrogen-bond acceptors (Lipinski definition) is 5. The maximum atomic E-state index is 12.2. The Bertz CT molecular complexity index is 680. The summed E-state index contributed by atoms with van der Waals surface area (Å²) in [6, 6.07) is 9.36. The topological polar surface area (TPSA) is 58.1 Å². The number of nitrogens with zero attached hydrogens (tertiary/aromatic N) is 3. The van der Waals surface area contributed by atoms with E-state index in [0.717, 1.165) is 36.8 Å².